The van der Waals surface area contributed by atoms with Gasteiger partial charge in [0.2, 0.25) is 11.8 Å². The smallest absolute Gasteiger partial charge is 0.235 e. The van der Waals surface area contributed by atoms with Crippen molar-refractivity contribution in [2.45, 2.75) is 6.92 Å². The van der Waals surface area contributed by atoms with Gasteiger partial charge in [0, 0.05) is 10.8 Å². The zero-order chi connectivity index (χ0) is 12.3. The number of benzene rings is 1. The SMILES string of the molecule is CCOc1nc(OC)c(C#N)c2ccccc12. The van der Waals surface area contributed by atoms with Crippen LogP contribution in [-0.4, -0.2) is 18.7 Å². The molecule has 0 atom stereocenters. The lowest BCUT2D eigenvalue weighted by Gasteiger charge is -2.10. The quantitative estimate of drug-likeness (QED) is 0.810. The summed E-state index contributed by atoms with van der Waals surface area (Å²) < 4.78 is 10.6. The number of ether oxygens (including phenoxy) is 2. The zero-order valence-electron chi connectivity index (χ0n) is 9.73. The Balaban J connectivity index is 2.81. The number of nitriles is 1. The Labute approximate surface area is 99.4 Å². The van der Waals surface area contributed by atoms with Crippen molar-refractivity contribution in [1.82, 2.24) is 4.98 Å². The van der Waals surface area contributed by atoms with Crippen LogP contribution in [-0.2, 0) is 0 Å². The predicted molar refractivity (Wildman–Crippen MR) is 64.2 cm³/mol. The molecule has 0 N–H and O–H groups in total. The molecule has 1 aromatic carbocycles. The first-order valence-corrected chi connectivity index (χ1v) is 5.31. The number of rotatable bonds is 3. The Hall–Kier alpha value is -2.28. The second kappa shape index (κ2) is 4.71. The number of pyridine rings is 1. The highest BCUT2D eigenvalue weighted by Crippen LogP contribution is 2.31. The molecule has 2 aromatic rings. The number of fused-ring (bicyclic) bond motifs is 1. The minimum absolute atomic E-state index is 0.301. The van der Waals surface area contributed by atoms with Gasteiger partial charge in [0.05, 0.1) is 13.7 Å². The molecule has 2 rings (SSSR count). The average Bonchev–Trinajstić information content (AvgIpc) is 2.38. The molecule has 4 heteroatoms. The van der Waals surface area contributed by atoms with E-state index in [1.807, 2.05) is 31.2 Å². The molecule has 0 radical (unpaired) electrons. The zero-order valence-corrected chi connectivity index (χ0v) is 9.73. The van der Waals surface area contributed by atoms with Gasteiger partial charge in [-0.2, -0.15) is 10.2 Å². The van der Waals surface area contributed by atoms with Gasteiger partial charge in [0.25, 0.3) is 0 Å². The third kappa shape index (κ3) is 1.87. The first kappa shape index (κ1) is 11.2. The van der Waals surface area contributed by atoms with Crippen LogP contribution in [0.5, 0.6) is 11.8 Å². The molecule has 86 valence electrons. The van der Waals surface area contributed by atoms with Crippen molar-refractivity contribution in [3.05, 3.63) is 29.8 Å². The maximum Gasteiger partial charge on any atom is 0.235 e. The standard InChI is InChI=1S/C13H12N2O2/c1-3-17-13-10-7-5-4-6-9(10)11(8-14)12(15-13)16-2/h4-7H,3H2,1-2H3. The number of aromatic nitrogens is 1. The molecule has 0 spiro atoms. The lowest BCUT2D eigenvalue weighted by molar-refractivity contribution is 0.320. The van der Waals surface area contributed by atoms with E-state index in [9.17, 15) is 0 Å². The van der Waals surface area contributed by atoms with Gasteiger partial charge >= 0.3 is 0 Å². The number of methoxy groups -OCH3 is 1. The molecule has 0 unspecified atom stereocenters. The minimum atomic E-state index is 0.301. The molecule has 0 amide bonds. The number of hydrogen-bond donors (Lipinski definition) is 0. The minimum Gasteiger partial charge on any atom is -0.480 e. The van der Waals surface area contributed by atoms with Crippen LogP contribution in [0.15, 0.2) is 24.3 Å². The highest BCUT2D eigenvalue weighted by atomic mass is 16.5. The van der Waals surface area contributed by atoms with Crippen molar-refractivity contribution in [2.24, 2.45) is 0 Å². The Bertz CT molecular complexity index is 588. The monoisotopic (exact) mass is 228 g/mol. The van der Waals surface area contributed by atoms with Crippen LogP contribution >= 0.6 is 0 Å². The van der Waals surface area contributed by atoms with E-state index >= 15 is 0 Å². The van der Waals surface area contributed by atoms with Gasteiger partial charge < -0.3 is 9.47 Å². The predicted octanol–water partition coefficient (Wildman–Crippen LogP) is 2.51. The van der Waals surface area contributed by atoms with E-state index < -0.39 is 0 Å². The summed E-state index contributed by atoms with van der Waals surface area (Å²) in [6, 6.07) is 9.62. The van der Waals surface area contributed by atoms with Crippen LogP contribution in [0.25, 0.3) is 10.8 Å². The molecule has 17 heavy (non-hydrogen) atoms. The van der Waals surface area contributed by atoms with Gasteiger partial charge in [0.1, 0.15) is 11.6 Å². The Morgan fingerprint density at radius 2 is 1.94 bits per heavy atom. The molecule has 0 bridgehead atoms. The Kier molecular flexibility index (Phi) is 3.10. The van der Waals surface area contributed by atoms with Crippen molar-refractivity contribution in [2.75, 3.05) is 13.7 Å². The summed E-state index contributed by atoms with van der Waals surface area (Å²) in [4.78, 5) is 4.21. The maximum atomic E-state index is 9.16. The summed E-state index contributed by atoms with van der Waals surface area (Å²) in [7, 11) is 1.49. The van der Waals surface area contributed by atoms with Crippen LogP contribution < -0.4 is 9.47 Å². The molecule has 0 fully saturated rings. The summed E-state index contributed by atoms with van der Waals surface area (Å²) >= 11 is 0. The first-order valence-electron chi connectivity index (χ1n) is 5.31. The van der Waals surface area contributed by atoms with Crippen molar-refractivity contribution in [3.8, 4) is 17.8 Å². The Morgan fingerprint density at radius 1 is 1.24 bits per heavy atom. The van der Waals surface area contributed by atoms with E-state index in [1.54, 1.807) is 0 Å². The third-order valence-corrected chi connectivity index (χ3v) is 2.43. The van der Waals surface area contributed by atoms with E-state index in [4.69, 9.17) is 14.7 Å². The van der Waals surface area contributed by atoms with Gasteiger partial charge in [-0.25, -0.2) is 0 Å². The topological polar surface area (TPSA) is 55.1 Å². The molecule has 1 heterocycles. The normalized spacial score (nSPS) is 9.94. The van der Waals surface area contributed by atoms with Crippen molar-refractivity contribution in [1.29, 1.82) is 5.26 Å². The number of nitrogens with zero attached hydrogens (tertiary/aromatic N) is 2. The third-order valence-electron chi connectivity index (χ3n) is 2.43. The van der Waals surface area contributed by atoms with Gasteiger partial charge in [-0.1, -0.05) is 18.2 Å². The van der Waals surface area contributed by atoms with Crippen LogP contribution in [0.2, 0.25) is 0 Å². The van der Waals surface area contributed by atoms with Crippen LogP contribution in [0, 0.1) is 11.3 Å². The highest BCUT2D eigenvalue weighted by molar-refractivity contribution is 5.92. The summed E-state index contributed by atoms with van der Waals surface area (Å²) in [6.45, 7) is 2.41. The lowest BCUT2D eigenvalue weighted by atomic mass is 10.1. The van der Waals surface area contributed by atoms with E-state index in [2.05, 4.69) is 11.1 Å². The van der Waals surface area contributed by atoms with Crippen LogP contribution in [0.3, 0.4) is 0 Å². The van der Waals surface area contributed by atoms with E-state index in [0.717, 1.165) is 10.8 Å². The van der Waals surface area contributed by atoms with Crippen LogP contribution in [0.1, 0.15) is 12.5 Å². The molecule has 0 aliphatic carbocycles. The fourth-order valence-electron chi connectivity index (χ4n) is 1.71. The molecule has 0 aliphatic rings. The van der Waals surface area contributed by atoms with Crippen molar-refractivity contribution >= 4 is 10.8 Å². The summed E-state index contributed by atoms with van der Waals surface area (Å²) in [6.07, 6.45) is 0. The summed E-state index contributed by atoms with van der Waals surface area (Å²) in [5.74, 6) is 0.800. The lowest BCUT2D eigenvalue weighted by Crippen LogP contribution is -2.00. The van der Waals surface area contributed by atoms with E-state index in [1.165, 1.54) is 7.11 Å². The molecular weight excluding hydrogens is 216 g/mol. The largest absolute Gasteiger partial charge is 0.480 e. The average molecular weight is 228 g/mol. The molecule has 1 aromatic heterocycles. The molecule has 0 aliphatic heterocycles. The van der Waals surface area contributed by atoms with Crippen molar-refractivity contribution in [3.63, 3.8) is 0 Å². The highest BCUT2D eigenvalue weighted by Gasteiger charge is 2.14. The van der Waals surface area contributed by atoms with Gasteiger partial charge in [0.15, 0.2) is 0 Å². The van der Waals surface area contributed by atoms with Gasteiger partial charge in [-0.15, -0.1) is 0 Å². The Morgan fingerprint density at radius 3 is 2.53 bits per heavy atom. The number of hydrogen-bond acceptors (Lipinski definition) is 4. The first-order chi connectivity index (χ1) is 8.31. The molecule has 0 saturated heterocycles. The fraction of sp³-hybridized carbons (Fsp3) is 0.231. The van der Waals surface area contributed by atoms with Gasteiger partial charge in [-0.3, -0.25) is 0 Å². The maximum absolute atomic E-state index is 9.16. The summed E-state index contributed by atoms with van der Waals surface area (Å²) in [5, 5.41) is 10.8. The molecule has 0 saturated carbocycles. The second-order valence-corrected chi connectivity index (χ2v) is 3.39. The van der Waals surface area contributed by atoms with E-state index in [-0.39, 0.29) is 0 Å². The van der Waals surface area contributed by atoms with Crippen molar-refractivity contribution < 1.29 is 9.47 Å². The second-order valence-electron chi connectivity index (χ2n) is 3.39. The van der Waals surface area contributed by atoms with Gasteiger partial charge in [-0.05, 0) is 13.0 Å². The van der Waals surface area contributed by atoms with Crippen LogP contribution in [0.4, 0.5) is 0 Å². The van der Waals surface area contributed by atoms with E-state index in [0.29, 0.717) is 23.9 Å². The molecule has 4 nitrogen and oxygen atoms in total. The summed E-state index contributed by atoms with van der Waals surface area (Å²) in [5.41, 5.74) is 0.437. The molecular formula is C13H12N2O2. The fourth-order valence-corrected chi connectivity index (χ4v) is 1.71.